The zero-order chi connectivity index (χ0) is 9.07. The Balaban J connectivity index is 3.80. The number of carbonyl (C=O) groups excluding carboxylic acids is 2. The molecule has 0 saturated heterocycles. The number of hydrogen-bond donors (Lipinski definition) is 1. The highest BCUT2D eigenvalue weighted by molar-refractivity contribution is 5.85. The molecule has 0 aliphatic heterocycles. The lowest BCUT2D eigenvalue weighted by atomic mass is 10.2. The zero-order valence-corrected chi connectivity index (χ0v) is 6.63. The summed E-state index contributed by atoms with van der Waals surface area (Å²) in [7, 11) is 0. The van der Waals surface area contributed by atoms with Gasteiger partial charge in [-0.25, -0.2) is 4.79 Å². The highest BCUT2D eigenvalue weighted by atomic mass is 16.6. The van der Waals surface area contributed by atoms with Crippen LogP contribution in [0.5, 0.6) is 0 Å². The first-order valence-corrected chi connectivity index (χ1v) is 3.02. The molecule has 5 nitrogen and oxygen atoms in total. The minimum absolute atomic E-state index is 0.695. The summed E-state index contributed by atoms with van der Waals surface area (Å²) in [5.74, 6) is 0. The molecule has 5 heteroatoms. The number of carboxylic acid groups (broad SMARTS) is 1. The quantitative estimate of drug-likeness (QED) is 0.534. The topological polar surface area (TPSA) is 78.5 Å². The Hall–Kier alpha value is -1.26. The molecular formula is C6H10NO4-. The molecule has 0 spiro atoms. The lowest BCUT2D eigenvalue weighted by Gasteiger charge is -2.19. The fraction of sp³-hybridized carbons (Fsp3) is 0.667. The van der Waals surface area contributed by atoms with Crippen LogP contribution in [0.4, 0.5) is 9.59 Å². The molecule has 0 unspecified atom stereocenters. The molecule has 0 fully saturated rings. The highest BCUT2D eigenvalue weighted by Crippen LogP contribution is 2.05. The Morgan fingerprint density at radius 2 is 1.82 bits per heavy atom. The second-order valence-corrected chi connectivity index (χ2v) is 2.91. The van der Waals surface area contributed by atoms with Crippen molar-refractivity contribution in [1.29, 1.82) is 0 Å². The predicted octanol–water partition coefficient (Wildman–Crippen LogP) is -0.146. The Kier molecular flexibility index (Phi) is 2.86. The molecule has 0 aromatic rings. The van der Waals surface area contributed by atoms with Crippen LogP contribution in [0.3, 0.4) is 0 Å². The second-order valence-electron chi connectivity index (χ2n) is 2.91. The molecule has 0 aromatic heterocycles. The molecule has 2 amide bonds. The Bertz CT molecular complexity index is 170. The zero-order valence-electron chi connectivity index (χ0n) is 6.63. The van der Waals surface area contributed by atoms with E-state index in [2.05, 4.69) is 4.74 Å². The van der Waals surface area contributed by atoms with Gasteiger partial charge in [0.15, 0.2) is 0 Å². The number of imide groups is 1. The molecule has 11 heavy (non-hydrogen) atoms. The molecule has 0 aliphatic rings. The van der Waals surface area contributed by atoms with Crippen molar-refractivity contribution in [2.24, 2.45) is 0 Å². The fourth-order valence-electron chi connectivity index (χ4n) is 0.387. The molecule has 0 saturated carbocycles. The van der Waals surface area contributed by atoms with Gasteiger partial charge in [-0.2, -0.15) is 0 Å². The van der Waals surface area contributed by atoms with Gasteiger partial charge in [-0.15, -0.1) is 0 Å². The summed E-state index contributed by atoms with van der Waals surface area (Å²) in [4.78, 5) is 20.3. The minimum Gasteiger partial charge on any atom is -0.530 e. The SMILES string of the molecule is CC(C)(C)OC(=O)NC(=O)[O-]. The number of alkyl carbamates (subject to hydrolysis) is 1. The van der Waals surface area contributed by atoms with Gasteiger partial charge in [0.05, 0.1) is 0 Å². The van der Waals surface area contributed by atoms with Crippen LogP contribution in [0.15, 0.2) is 0 Å². The molecule has 0 atom stereocenters. The van der Waals surface area contributed by atoms with Crippen molar-refractivity contribution >= 4 is 12.2 Å². The van der Waals surface area contributed by atoms with Crippen LogP contribution in [0.25, 0.3) is 0 Å². The number of nitrogens with one attached hydrogen (secondary N) is 1. The highest BCUT2D eigenvalue weighted by Gasteiger charge is 2.15. The van der Waals surface area contributed by atoms with E-state index in [1.54, 1.807) is 20.8 Å². The van der Waals surface area contributed by atoms with Gasteiger partial charge >= 0.3 is 6.09 Å². The van der Waals surface area contributed by atoms with Gasteiger partial charge in [-0.1, -0.05) is 0 Å². The maximum absolute atomic E-state index is 10.5. The first kappa shape index (κ1) is 9.74. The van der Waals surface area contributed by atoms with Gasteiger partial charge in [0.1, 0.15) is 11.7 Å². The van der Waals surface area contributed by atoms with Crippen LogP contribution < -0.4 is 10.4 Å². The standard InChI is InChI=1S/C6H11NO4/c1-6(2,3)11-5(10)7-4(8)9/h1-3H3,(H,7,10)(H,8,9)/p-1. The molecule has 0 rings (SSSR count). The number of rotatable bonds is 0. The first-order valence-electron chi connectivity index (χ1n) is 3.02. The monoisotopic (exact) mass is 160 g/mol. The summed E-state index contributed by atoms with van der Waals surface area (Å²) >= 11 is 0. The summed E-state index contributed by atoms with van der Waals surface area (Å²) in [6.07, 6.45) is -2.68. The van der Waals surface area contributed by atoms with Crippen LogP contribution in [-0.4, -0.2) is 17.8 Å². The number of hydrogen-bond acceptors (Lipinski definition) is 4. The average molecular weight is 160 g/mol. The van der Waals surface area contributed by atoms with Gasteiger partial charge in [0, 0.05) is 0 Å². The molecule has 64 valence electrons. The lowest BCUT2D eigenvalue weighted by molar-refractivity contribution is -0.249. The average Bonchev–Trinajstić information content (AvgIpc) is 1.53. The molecular weight excluding hydrogens is 150 g/mol. The van der Waals surface area contributed by atoms with E-state index in [0.717, 1.165) is 0 Å². The number of amides is 2. The molecule has 0 bridgehead atoms. The predicted molar refractivity (Wildman–Crippen MR) is 34.8 cm³/mol. The van der Waals surface area contributed by atoms with E-state index in [1.807, 2.05) is 0 Å². The van der Waals surface area contributed by atoms with E-state index in [4.69, 9.17) is 0 Å². The largest absolute Gasteiger partial charge is 0.530 e. The van der Waals surface area contributed by atoms with Crippen LogP contribution in [-0.2, 0) is 4.74 Å². The third-order valence-electron chi connectivity index (χ3n) is 0.603. The minimum atomic E-state index is -1.67. The van der Waals surface area contributed by atoms with Crippen molar-refractivity contribution in [1.82, 2.24) is 5.32 Å². The first-order chi connectivity index (χ1) is 4.81. The van der Waals surface area contributed by atoms with Crippen molar-refractivity contribution < 1.29 is 19.4 Å². The van der Waals surface area contributed by atoms with Crippen LogP contribution >= 0.6 is 0 Å². The van der Waals surface area contributed by atoms with Gasteiger partial charge in [-0.3, -0.25) is 5.32 Å². The Labute approximate surface area is 64.3 Å². The van der Waals surface area contributed by atoms with E-state index >= 15 is 0 Å². The molecule has 0 aliphatic carbocycles. The maximum Gasteiger partial charge on any atom is 0.413 e. The summed E-state index contributed by atoms with van der Waals surface area (Å²) in [5, 5.41) is 11.2. The fourth-order valence-corrected chi connectivity index (χ4v) is 0.387. The van der Waals surface area contributed by atoms with E-state index in [0.29, 0.717) is 0 Å². The molecule has 0 aromatic carbocycles. The second kappa shape index (κ2) is 3.23. The van der Waals surface area contributed by atoms with Crippen molar-refractivity contribution in [3.63, 3.8) is 0 Å². The van der Waals surface area contributed by atoms with Crippen molar-refractivity contribution in [3.05, 3.63) is 0 Å². The molecule has 0 heterocycles. The van der Waals surface area contributed by atoms with Gasteiger partial charge in [0.25, 0.3) is 0 Å². The van der Waals surface area contributed by atoms with E-state index in [1.165, 1.54) is 5.32 Å². The maximum atomic E-state index is 10.5. The van der Waals surface area contributed by atoms with Crippen LogP contribution in [0.2, 0.25) is 0 Å². The van der Waals surface area contributed by atoms with Crippen molar-refractivity contribution in [3.8, 4) is 0 Å². The van der Waals surface area contributed by atoms with Gasteiger partial charge < -0.3 is 14.6 Å². The Morgan fingerprint density at radius 1 is 1.36 bits per heavy atom. The lowest BCUT2D eigenvalue weighted by Crippen LogP contribution is -2.43. The summed E-state index contributed by atoms with van der Waals surface area (Å²) in [6.45, 7) is 4.88. The summed E-state index contributed by atoms with van der Waals surface area (Å²) in [5.41, 5.74) is -0.695. The van der Waals surface area contributed by atoms with E-state index < -0.39 is 17.8 Å². The van der Waals surface area contributed by atoms with Gasteiger partial charge in [0.2, 0.25) is 0 Å². The smallest absolute Gasteiger partial charge is 0.413 e. The van der Waals surface area contributed by atoms with Crippen molar-refractivity contribution in [2.75, 3.05) is 0 Å². The van der Waals surface area contributed by atoms with Crippen molar-refractivity contribution in [2.45, 2.75) is 26.4 Å². The number of carbonyl (C=O) groups is 2. The van der Waals surface area contributed by atoms with E-state index in [-0.39, 0.29) is 0 Å². The van der Waals surface area contributed by atoms with E-state index in [9.17, 15) is 14.7 Å². The van der Waals surface area contributed by atoms with Crippen LogP contribution in [0.1, 0.15) is 20.8 Å². The van der Waals surface area contributed by atoms with Gasteiger partial charge in [-0.05, 0) is 20.8 Å². The molecule has 1 N–H and O–H groups in total. The summed E-state index contributed by atoms with van der Waals surface area (Å²) in [6, 6.07) is 0. The third kappa shape index (κ3) is 6.63. The Morgan fingerprint density at radius 3 is 2.09 bits per heavy atom. The number of ether oxygens (including phenoxy) is 1. The summed E-state index contributed by atoms with van der Waals surface area (Å²) < 4.78 is 4.58. The van der Waals surface area contributed by atoms with Crippen LogP contribution in [0, 0.1) is 0 Å². The molecule has 0 radical (unpaired) electrons. The normalized spacial score (nSPS) is 10.5. The third-order valence-corrected chi connectivity index (χ3v) is 0.603.